The van der Waals surface area contributed by atoms with Crippen molar-refractivity contribution in [2.24, 2.45) is 5.92 Å². The van der Waals surface area contributed by atoms with Crippen LogP contribution in [0.1, 0.15) is 44.3 Å². The highest BCUT2D eigenvalue weighted by atomic mass is 32.1. The molecule has 22 heavy (non-hydrogen) atoms. The summed E-state index contributed by atoms with van der Waals surface area (Å²) in [5.74, 6) is 0.558. The molecule has 6 nitrogen and oxygen atoms in total. The van der Waals surface area contributed by atoms with Crippen molar-refractivity contribution in [3.05, 3.63) is 32.9 Å². The van der Waals surface area contributed by atoms with Crippen LogP contribution in [0.3, 0.4) is 0 Å². The van der Waals surface area contributed by atoms with Crippen molar-refractivity contribution in [3.63, 3.8) is 0 Å². The Morgan fingerprint density at radius 1 is 1.50 bits per heavy atom. The molecule has 1 amide bonds. The molecule has 116 valence electrons. The van der Waals surface area contributed by atoms with Crippen molar-refractivity contribution < 1.29 is 4.79 Å². The number of hydrogen-bond acceptors (Lipinski definition) is 5. The monoisotopic (exact) mass is 318 g/mol. The zero-order valence-electron chi connectivity index (χ0n) is 12.3. The second kappa shape index (κ2) is 6.39. The number of nitrogens with zero attached hydrogens (tertiary/aromatic N) is 2. The molecule has 1 aliphatic rings. The molecule has 2 N–H and O–H groups in total. The fraction of sp³-hybridized carbons (Fsp3) is 0.467. The van der Waals surface area contributed by atoms with Crippen LogP contribution in [-0.2, 0) is 4.79 Å². The van der Waals surface area contributed by atoms with Gasteiger partial charge in [-0.15, -0.1) is 10.2 Å². The summed E-state index contributed by atoms with van der Waals surface area (Å²) in [6.45, 7) is 1.92. The molecule has 1 saturated carbocycles. The summed E-state index contributed by atoms with van der Waals surface area (Å²) in [4.78, 5) is 27.1. The van der Waals surface area contributed by atoms with Gasteiger partial charge in [0.2, 0.25) is 5.91 Å². The highest BCUT2D eigenvalue weighted by molar-refractivity contribution is 7.08. The van der Waals surface area contributed by atoms with Gasteiger partial charge in [-0.25, -0.2) is 0 Å². The minimum atomic E-state index is -0.388. The van der Waals surface area contributed by atoms with E-state index in [9.17, 15) is 9.59 Å². The minimum Gasteiger partial charge on any atom is -0.347 e. The van der Waals surface area contributed by atoms with Crippen LogP contribution in [0.5, 0.6) is 0 Å². The van der Waals surface area contributed by atoms with Crippen LogP contribution >= 0.6 is 11.3 Å². The molecule has 1 unspecified atom stereocenters. The average Bonchev–Trinajstić information content (AvgIpc) is 2.97. The maximum atomic E-state index is 12.3. The standard InChI is InChI=1S/C15H18N4O2S/c1-2-11(16-14(20)9-4-3-5-9)12-15(21)17-13(19-18-12)10-6-7-22-8-10/h6-9,11H,2-5H2,1H3,(H,16,20)(H,17,19,21). The van der Waals surface area contributed by atoms with Gasteiger partial charge in [0.25, 0.3) is 5.56 Å². The van der Waals surface area contributed by atoms with Crippen molar-refractivity contribution in [1.29, 1.82) is 0 Å². The third kappa shape index (κ3) is 2.94. The SMILES string of the molecule is CCC(NC(=O)C1CCC1)c1nnc(-c2ccsc2)[nH]c1=O. The van der Waals surface area contributed by atoms with Crippen molar-refractivity contribution in [3.8, 4) is 11.4 Å². The normalized spacial score (nSPS) is 16.0. The molecule has 1 aliphatic carbocycles. The van der Waals surface area contributed by atoms with E-state index < -0.39 is 0 Å². The van der Waals surface area contributed by atoms with Crippen molar-refractivity contribution >= 4 is 17.2 Å². The fourth-order valence-electron chi connectivity index (χ4n) is 2.43. The highest BCUT2D eigenvalue weighted by Gasteiger charge is 2.28. The van der Waals surface area contributed by atoms with E-state index in [1.54, 1.807) is 0 Å². The molecule has 1 fully saturated rings. The van der Waals surface area contributed by atoms with E-state index in [0.29, 0.717) is 12.2 Å². The summed E-state index contributed by atoms with van der Waals surface area (Å²) in [5.41, 5.74) is 0.818. The predicted molar refractivity (Wildman–Crippen MR) is 84.5 cm³/mol. The zero-order valence-corrected chi connectivity index (χ0v) is 13.2. The van der Waals surface area contributed by atoms with E-state index in [1.807, 2.05) is 23.8 Å². The number of carbonyl (C=O) groups excluding carboxylic acids is 1. The predicted octanol–water partition coefficient (Wildman–Crippen LogP) is 2.26. The Kier molecular flexibility index (Phi) is 4.33. The average molecular weight is 318 g/mol. The lowest BCUT2D eigenvalue weighted by atomic mass is 9.84. The van der Waals surface area contributed by atoms with E-state index >= 15 is 0 Å². The number of aromatic amines is 1. The quantitative estimate of drug-likeness (QED) is 0.885. The molecular weight excluding hydrogens is 300 g/mol. The number of H-pyrrole nitrogens is 1. The molecule has 0 aromatic carbocycles. The van der Waals surface area contributed by atoms with Crippen LogP contribution in [0.2, 0.25) is 0 Å². The first kappa shape index (κ1) is 14.9. The van der Waals surface area contributed by atoms with Crippen LogP contribution in [0.15, 0.2) is 21.6 Å². The van der Waals surface area contributed by atoms with Gasteiger partial charge in [-0.3, -0.25) is 9.59 Å². The van der Waals surface area contributed by atoms with Crippen LogP contribution in [0, 0.1) is 5.92 Å². The van der Waals surface area contributed by atoms with E-state index in [0.717, 1.165) is 24.8 Å². The maximum Gasteiger partial charge on any atom is 0.275 e. The van der Waals surface area contributed by atoms with Gasteiger partial charge in [0, 0.05) is 16.9 Å². The Balaban J connectivity index is 1.80. The number of thiophene rings is 1. The van der Waals surface area contributed by atoms with E-state index in [2.05, 4.69) is 20.5 Å². The molecule has 2 aromatic heterocycles. The summed E-state index contributed by atoms with van der Waals surface area (Å²) in [5, 5.41) is 14.9. The Hall–Kier alpha value is -2.02. The molecule has 0 aliphatic heterocycles. The first-order chi connectivity index (χ1) is 10.7. The highest BCUT2D eigenvalue weighted by Crippen LogP contribution is 2.27. The number of hydrogen-bond donors (Lipinski definition) is 2. The van der Waals surface area contributed by atoms with Crippen LogP contribution < -0.4 is 10.9 Å². The number of nitrogens with one attached hydrogen (secondary N) is 2. The Labute approximate surface area is 132 Å². The van der Waals surface area contributed by atoms with Crippen LogP contribution in [-0.4, -0.2) is 21.1 Å². The van der Waals surface area contributed by atoms with E-state index in [-0.39, 0.29) is 29.1 Å². The minimum absolute atomic E-state index is 0.0150. The summed E-state index contributed by atoms with van der Waals surface area (Å²) >= 11 is 1.53. The van der Waals surface area contributed by atoms with Gasteiger partial charge < -0.3 is 10.3 Å². The van der Waals surface area contributed by atoms with E-state index in [4.69, 9.17) is 0 Å². The second-order valence-electron chi connectivity index (χ2n) is 5.50. The number of aromatic nitrogens is 3. The van der Waals surface area contributed by atoms with Gasteiger partial charge in [-0.1, -0.05) is 13.3 Å². The van der Waals surface area contributed by atoms with E-state index in [1.165, 1.54) is 11.3 Å². The second-order valence-corrected chi connectivity index (χ2v) is 6.28. The summed E-state index contributed by atoms with van der Waals surface area (Å²) in [6, 6.07) is 1.49. The Morgan fingerprint density at radius 3 is 2.86 bits per heavy atom. The lowest BCUT2D eigenvalue weighted by Gasteiger charge is -2.26. The molecular formula is C15H18N4O2S. The molecule has 7 heteroatoms. The molecule has 0 spiro atoms. The maximum absolute atomic E-state index is 12.3. The van der Waals surface area contributed by atoms with Crippen LogP contribution in [0.25, 0.3) is 11.4 Å². The fourth-order valence-corrected chi connectivity index (χ4v) is 3.07. The topological polar surface area (TPSA) is 87.7 Å². The number of amides is 1. The molecule has 0 radical (unpaired) electrons. The summed E-state index contributed by atoms with van der Waals surface area (Å²) in [7, 11) is 0. The number of rotatable bonds is 5. The van der Waals surface area contributed by atoms with Gasteiger partial charge in [-0.2, -0.15) is 11.3 Å². The lowest BCUT2D eigenvalue weighted by Crippen LogP contribution is -2.39. The molecule has 0 bridgehead atoms. The smallest absolute Gasteiger partial charge is 0.275 e. The number of carbonyl (C=O) groups is 1. The third-order valence-electron chi connectivity index (χ3n) is 4.05. The molecule has 0 saturated heterocycles. The van der Waals surface area contributed by atoms with Gasteiger partial charge in [0.15, 0.2) is 11.5 Å². The van der Waals surface area contributed by atoms with Gasteiger partial charge in [-0.05, 0) is 30.7 Å². The molecule has 2 heterocycles. The largest absolute Gasteiger partial charge is 0.347 e. The van der Waals surface area contributed by atoms with Crippen LogP contribution in [0.4, 0.5) is 0 Å². The van der Waals surface area contributed by atoms with Gasteiger partial charge in [0.05, 0.1) is 6.04 Å². The zero-order chi connectivity index (χ0) is 15.5. The molecule has 1 atom stereocenters. The van der Waals surface area contributed by atoms with Crippen molar-refractivity contribution in [2.45, 2.75) is 38.6 Å². The van der Waals surface area contributed by atoms with Gasteiger partial charge >= 0.3 is 0 Å². The third-order valence-corrected chi connectivity index (χ3v) is 4.73. The van der Waals surface area contributed by atoms with Crippen molar-refractivity contribution in [2.75, 3.05) is 0 Å². The van der Waals surface area contributed by atoms with Crippen molar-refractivity contribution in [1.82, 2.24) is 20.5 Å². The Bertz CT molecular complexity index is 707. The van der Waals surface area contributed by atoms with Gasteiger partial charge in [0.1, 0.15) is 0 Å². The first-order valence-electron chi connectivity index (χ1n) is 7.49. The first-order valence-corrected chi connectivity index (χ1v) is 8.43. The molecule has 2 aromatic rings. The summed E-state index contributed by atoms with van der Waals surface area (Å²) in [6.07, 6.45) is 3.57. The molecule has 3 rings (SSSR count). The summed E-state index contributed by atoms with van der Waals surface area (Å²) < 4.78 is 0. The lowest BCUT2D eigenvalue weighted by molar-refractivity contribution is -0.128. The Morgan fingerprint density at radius 2 is 2.32 bits per heavy atom.